The second-order valence-corrected chi connectivity index (χ2v) is 9.12. The van der Waals surface area contributed by atoms with E-state index in [1.54, 1.807) is 18.2 Å². The average Bonchev–Trinajstić information content (AvgIpc) is 2.82. The Morgan fingerprint density at radius 1 is 1.18 bits per heavy atom. The molecule has 2 saturated heterocycles. The fourth-order valence-electron chi connectivity index (χ4n) is 5.37. The van der Waals surface area contributed by atoms with Gasteiger partial charge in [-0.05, 0) is 43.7 Å². The second kappa shape index (κ2) is 8.47. The van der Waals surface area contributed by atoms with E-state index in [-0.39, 0.29) is 17.2 Å². The molecular formula is C25H26N6O3. The largest absolute Gasteiger partial charge is 0.478 e. The van der Waals surface area contributed by atoms with Crippen molar-refractivity contribution >= 4 is 28.4 Å². The molecule has 2 aliphatic heterocycles. The van der Waals surface area contributed by atoms with E-state index in [1.165, 1.54) is 12.3 Å². The Balaban J connectivity index is 1.44. The molecule has 2 aromatic heterocycles. The van der Waals surface area contributed by atoms with E-state index in [9.17, 15) is 20.0 Å². The summed E-state index contributed by atoms with van der Waals surface area (Å²) >= 11 is 0. The summed E-state index contributed by atoms with van der Waals surface area (Å²) in [6.07, 6.45) is 1.43. The smallest absolute Gasteiger partial charge is 0.337 e. The lowest BCUT2D eigenvalue weighted by Gasteiger charge is -2.51. The molecule has 9 heteroatoms. The Morgan fingerprint density at radius 3 is 2.71 bits per heavy atom. The maximum absolute atomic E-state index is 11.9. The Labute approximate surface area is 196 Å². The molecule has 0 saturated carbocycles. The number of carbonyl (C=O) groups is 1. The molecule has 34 heavy (non-hydrogen) atoms. The van der Waals surface area contributed by atoms with E-state index < -0.39 is 5.97 Å². The normalized spacial score (nSPS) is 20.7. The van der Waals surface area contributed by atoms with Crippen LogP contribution in [0, 0.1) is 18.3 Å². The van der Waals surface area contributed by atoms with Crippen LogP contribution in [0.2, 0.25) is 0 Å². The van der Waals surface area contributed by atoms with Gasteiger partial charge in [0.25, 0.3) is 0 Å². The van der Waals surface area contributed by atoms with E-state index in [0.29, 0.717) is 17.1 Å². The van der Waals surface area contributed by atoms with Crippen molar-refractivity contribution in [2.24, 2.45) is 0 Å². The summed E-state index contributed by atoms with van der Waals surface area (Å²) in [6, 6.07) is 11.5. The number of carboxylic acids is 1. The van der Waals surface area contributed by atoms with Gasteiger partial charge in [0.2, 0.25) is 5.56 Å². The molecule has 2 atom stereocenters. The minimum absolute atomic E-state index is 0.197. The topological polar surface area (TPSA) is 117 Å². The lowest BCUT2D eigenvalue weighted by Crippen LogP contribution is -2.65. The van der Waals surface area contributed by atoms with Gasteiger partial charge in [-0.1, -0.05) is 0 Å². The van der Waals surface area contributed by atoms with Gasteiger partial charge >= 0.3 is 5.97 Å². The first-order valence-corrected chi connectivity index (χ1v) is 11.4. The van der Waals surface area contributed by atoms with Gasteiger partial charge in [-0.15, -0.1) is 0 Å². The average molecular weight is 459 g/mol. The van der Waals surface area contributed by atoms with Crippen LogP contribution in [0.5, 0.6) is 0 Å². The van der Waals surface area contributed by atoms with Crippen molar-refractivity contribution in [3.63, 3.8) is 0 Å². The predicted octanol–water partition coefficient (Wildman–Crippen LogP) is 2.20. The van der Waals surface area contributed by atoms with Crippen molar-refractivity contribution in [1.29, 1.82) is 5.26 Å². The molecule has 2 aliphatic rings. The highest BCUT2D eigenvalue weighted by Gasteiger charge is 2.37. The zero-order chi connectivity index (χ0) is 24.0. The highest BCUT2D eigenvalue weighted by atomic mass is 16.4. The van der Waals surface area contributed by atoms with Gasteiger partial charge in [0.05, 0.1) is 16.6 Å². The van der Waals surface area contributed by atoms with Crippen LogP contribution in [0.4, 0.5) is 11.5 Å². The summed E-state index contributed by atoms with van der Waals surface area (Å²) in [5.41, 5.74) is 2.87. The number of hydrogen-bond acceptors (Lipinski definition) is 7. The van der Waals surface area contributed by atoms with Gasteiger partial charge in [-0.25, -0.2) is 9.78 Å². The summed E-state index contributed by atoms with van der Waals surface area (Å²) in [6.45, 7) is 8.31. The number of fused-ring (bicyclic) bond motifs is 2. The number of rotatable bonds is 3. The van der Waals surface area contributed by atoms with E-state index >= 15 is 0 Å². The number of pyridine rings is 2. The van der Waals surface area contributed by atoms with Crippen LogP contribution in [0.3, 0.4) is 0 Å². The monoisotopic (exact) mass is 458 g/mol. The minimum atomic E-state index is -0.972. The first kappa shape index (κ1) is 21.9. The molecule has 174 valence electrons. The molecule has 0 aliphatic carbocycles. The molecule has 0 bridgehead atoms. The molecule has 5 rings (SSSR count). The van der Waals surface area contributed by atoms with Gasteiger partial charge in [0.15, 0.2) is 0 Å². The summed E-state index contributed by atoms with van der Waals surface area (Å²) in [5.74, 6) is -0.143. The third kappa shape index (κ3) is 3.76. The third-order valence-corrected chi connectivity index (χ3v) is 6.94. The Bertz CT molecular complexity index is 1380. The highest BCUT2D eigenvalue weighted by molar-refractivity contribution is 5.95. The highest BCUT2D eigenvalue weighted by Crippen LogP contribution is 2.32. The van der Waals surface area contributed by atoms with Crippen molar-refractivity contribution in [2.45, 2.75) is 25.9 Å². The van der Waals surface area contributed by atoms with Crippen LogP contribution in [-0.2, 0) is 0 Å². The minimum Gasteiger partial charge on any atom is -0.478 e. The second-order valence-electron chi connectivity index (χ2n) is 9.12. The van der Waals surface area contributed by atoms with Gasteiger partial charge in [-0.3, -0.25) is 9.69 Å². The number of carboxylic acid groups (broad SMARTS) is 1. The lowest BCUT2D eigenvalue weighted by molar-refractivity contribution is 0.0696. The molecule has 4 heterocycles. The van der Waals surface area contributed by atoms with Crippen LogP contribution in [-0.4, -0.2) is 70.8 Å². The fourth-order valence-corrected chi connectivity index (χ4v) is 5.37. The lowest BCUT2D eigenvalue weighted by atomic mass is 10.0. The van der Waals surface area contributed by atoms with Gasteiger partial charge in [0.1, 0.15) is 11.9 Å². The molecule has 9 nitrogen and oxygen atoms in total. The Morgan fingerprint density at radius 2 is 1.97 bits per heavy atom. The SMILES string of the molecule is Cc1cc(C(=O)O)cnc1N1CCN2C(C)CN(c3ccc(C#N)c4[nH]c(=O)ccc34)CC2C1. The first-order chi connectivity index (χ1) is 16.4. The quantitative estimate of drug-likeness (QED) is 0.614. The Hall–Kier alpha value is -3.90. The number of hydrogen-bond donors (Lipinski definition) is 2. The number of piperazine rings is 2. The molecule has 0 spiro atoms. The molecule has 0 amide bonds. The fraction of sp³-hybridized carbons (Fsp3) is 0.360. The molecular weight excluding hydrogens is 432 g/mol. The maximum atomic E-state index is 11.9. The van der Waals surface area contributed by atoms with E-state index in [4.69, 9.17) is 0 Å². The van der Waals surface area contributed by atoms with E-state index in [0.717, 1.165) is 55.2 Å². The number of nitrogens with one attached hydrogen (secondary N) is 1. The van der Waals surface area contributed by atoms with Crippen LogP contribution >= 0.6 is 0 Å². The molecule has 2 fully saturated rings. The van der Waals surface area contributed by atoms with Crippen molar-refractivity contribution in [2.75, 3.05) is 42.5 Å². The van der Waals surface area contributed by atoms with E-state index in [2.05, 4.69) is 37.7 Å². The van der Waals surface area contributed by atoms with Crippen molar-refractivity contribution in [1.82, 2.24) is 14.9 Å². The van der Waals surface area contributed by atoms with Crippen molar-refractivity contribution in [3.05, 3.63) is 63.6 Å². The van der Waals surface area contributed by atoms with Gasteiger partial charge in [0, 0.05) is 68.1 Å². The summed E-state index contributed by atoms with van der Waals surface area (Å²) < 4.78 is 0. The number of H-pyrrole nitrogens is 1. The zero-order valence-electron chi connectivity index (χ0n) is 19.2. The number of anilines is 2. The van der Waals surface area contributed by atoms with Crippen LogP contribution < -0.4 is 15.4 Å². The van der Waals surface area contributed by atoms with Crippen LogP contribution in [0.25, 0.3) is 10.9 Å². The maximum Gasteiger partial charge on any atom is 0.337 e. The number of aryl methyl sites for hydroxylation is 1. The van der Waals surface area contributed by atoms with Crippen molar-refractivity contribution in [3.8, 4) is 6.07 Å². The standard InChI is InChI=1S/C25H26N6O3/c1-15-9-18(25(33)34)11-27-24(15)29-7-8-31-16(2)12-30(14-19(31)13-29)21-5-3-17(10-26)23-20(21)4-6-22(32)28-23/h3-6,9,11,16,19H,7-8,12-14H2,1-2H3,(H,28,32)(H,33,34). The molecule has 3 aromatic rings. The predicted molar refractivity (Wildman–Crippen MR) is 130 cm³/mol. The number of nitrogens with zero attached hydrogens (tertiary/aromatic N) is 5. The Kier molecular flexibility index (Phi) is 5.46. The summed E-state index contributed by atoms with van der Waals surface area (Å²) in [5, 5.41) is 19.6. The van der Waals surface area contributed by atoms with Crippen LogP contribution in [0.15, 0.2) is 41.3 Å². The van der Waals surface area contributed by atoms with E-state index in [1.807, 2.05) is 13.0 Å². The molecule has 1 aromatic carbocycles. The van der Waals surface area contributed by atoms with Crippen LogP contribution in [0.1, 0.15) is 28.4 Å². The first-order valence-electron chi connectivity index (χ1n) is 11.4. The van der Waals surface area contributed by atoms with Gasteiger partial charge < -0.3 is 19.9 Å². The number of benzene rings is 1. The molecule has 2 unspecified atom stereocenters. The number of aromatic carboxylic acids is 1. The third-order valence-electron chi connectivity index (χ3n) is 6.94. The number of aromatic amines is 1. The van der Waals surface area contributed by atoms with Crippen molar-refractivity contribution < 1.29 is 9.90 Å². The number of nitriles is 1. The molecule has 0 radical (unpaired) electrons. The summed E-state index contributed by atoms with van der Waals surface area (Å²) in [7, 11) is 0. The zero-order valence-corrected chi connectivity index (χ0v) is 19.2. The number of aromatic nitrogens is 2. The summed E-state index contributed by atoms with van der Waals surface area (Å²) in [4.78, 5) is 37.6. The van der Waals surface area contributed by atoms with Gasteiger partial charge in [-0.2, -0.15) is 5.26 Å². The molecule has 2 N–H and O–H groups in total.